The number of ether oxygens (including phenoxy) is 3. The number of benzene rings is 2. The van der Waals surface area contributed by atoms with Crippen LogP contribution in [0.4, 0.5) is 0 Å². The monoisotopic (exact) mass is 481 g/mol. The van der Waals surface area contributed by atoms with Crippen molar-refractivity contribution in [3.05, 3.63) is 42.0 Å². The van der Waals surface area contributed by atoms with Crippen molar-refractivity contribution in [2.24, 2.45) is 17.8 Å². The van der Waals surface area contributed by atoms with E-state index in [0.29, 0.717) is 24.5 Å². The third kappa shape index (κ3) is 7.68. The number of likely N-dealkylation sites (tertiary alicyclic amines) is 1. The second kappa shape index (κ2) is 12.7. The molecule has 0 atom stereocenters. The fourth-order valence-electron chi connectivity index (χ4n) is 5.37. The second-order valence-corrected chi connectivity index (χ2v) is 10.8. The molecule has 1 aliphatic heterocycles. The summed E-state index contributed by atoms with van der Waals surface area (Å²) < 4.78 is 17.4. The van der Waals surface area contributed by atoms with E-state index in [1.165, 1.54) is 29.2 Å². The highest BCUT2D eigenvalue weighted by atomic mass is 16.5. The maximum atomic E-state index is 12.0. The van der Waals surface area contributed by atoms with Crippen molar-refractivity contribution in [3.63, 3.8) is 0 Å². The van der Waals surface area contributed by atoms with Gasteiger partial charge < -0.3 is 14.2 Å². The average Bonchev–Trinajstić information content (AvgIpc) is 2.85. The van der Waals surface area contributed by atoms with Crippen molar-refractivity contribution in [2.45, 2.75) is 71.9 Å². The molecular formula is C30H43NO4. The van der Waals surface area contributed by atoms with Crippen molar-refractivity contribution >= 4 is 16.7 Å². The summed E-state index contributed by atoms with van der Waals surface area (Å²) >= 11 is 0. The van der Waals surface area contributed by atoms with E-state index in [4.69, 9.17) is 14.2 Å². The molecule has 0 unspecified atom stereocenters. The Bertz CT molecular complexity index is 943. The predicted molar refractivity (Wildman–Crippen MR) is 141 cm³/mol. The molecule has 35 heavy (non-hydrogen) atoms. The zero-order valence-corrected chi connectivity index (χ0v) is 21.8. The summed E-state index contributed by atoms with van der Waals surface area (Å²) in [5.41, 5.74) is 1.32. The van der Waals surface area contributed by atoms with Crippen LogP contribution in [0.2, 0.25) is 0 Å². The van der Waals surface area contributed by atoms with Crippen molar-refractivity contribution < 1.29 is 19.0 Å². The first-order valence-electron chi connectivity index (χ1n) is 13.7. The molecule has 4 rings (SSSR count). The molecule has 0 bridgehead atoms. The van der Waals surface area contributed by atoms with Gasteiger partial charge in [0.2, 0.25) is 0 Å². The number of rotatable bonds is 10. The van der Waals surface area contributed by atoms with Gasteiger partial charge in [0, 0.05) is 19.8 Å². The number of piperidine rings is 1. The topological polar surface area (TPSA) is 48.0 Å². The Morgan fingerprint density at radius 2 is 1.69 bits per heavy atom. The fourth-order valence-corrected chi connectivity index (χ4v) is 5.37. The van der Waals surface area contributed by atoms with E-state index in [-0.39, 0.29) is 11.9 Å². The van der Waals surface area contributed by atoms with Gasteiger partial charge in [-0.2, -0.15) is 0 Å². The number of fused-ring (bicyclic) bond motifs is 1. The van der Waals surface area contributed by atoms with Crippen LogP contribution in [-0.2, 0) is 20.8 Å². The standard InChI is InChI=1S/C30H43NO4/c1-4-34-30(32)25-13-15-31(16-14-25)19-24-5-8-27-18-29(12-9-26(27)17-24)35-28-10-6-23(7-11-28)21-33-20-22(2)3/h5,8-9,12,17-18,22-23,25,28H,4,6-7,10-11,13-16,19-21H2,1-3H3/t23-,28+. The summed E-state index contributed by atoms with van der Waals surface area (Å²) in [5, 5.41) is 2.48. The zero-order chi connectivity index (χ0) is 24.6. The maximum Gasteiger partial charge on any atom is 0.309 e. The highest BCUT2D eigenvalue weighted by Crippen LogP contribution is 2.30. The van der Waals surface area contributed by atoms with Crippen molar-refractivity contribution in [1.82, 2.24) is 4.90 Å². The molecule has 0 radical (unpaired) electrons. The summed E-state index contributed by atoms with van der Waals surface area (Å²) in [6.45, 7) is 11.3. The number of esters is 1. The lowest BCUT2D eigenvalue weighted by atomic mass is 9.88. The molecule has 1 heterocycles. The molecule has 5 heteroatoms. The van der Waals surface area contributed by atoms with Gasteiger partial charge in [-0.15, -0.1) is 0 Å². The van der Waals surface area contributed by atoms with E-state index < -0.39 is 0 Å². The van der Waals surface area contributed by atoms with Crippen LogP contribution in [0.5, 0.6) is 5.75 Å². The van der Waals surface area contributed by atoms with Crippen molar-refractivity contribution in [1.29, 1.82) is 0 Å². The van der Waals surface area contributed by atoms with Gasteiger partial charge >= 0.3 is 5.97 Å². The van der Waals surface area contributed by atoms with Crippen LogP contribution >= 0.6 is 0 Å². The van der Waals surface area contributed by atoms with Crippen LogP contribution < -0.4 is 4.74 Å². The third-order valence-corrected chi connectivity index (χ3v) is 7.39. The van der Waals surface area contributed by atoms with Crippen LogP contribution in [0.15, 0.2) is 36.4 Å². The summed E-state index contributed by atoms with van der Waals surface area (Å²) in [7, 11) is 0. The number of hydrogen-bond donors (Lipinski definition) is 0. The van der Waals surface area contributed by atoms with Gasteiger partial charge in [0.1, 0.15) is 5.75 Å². The highest BCUT2D eigenvalue weighted by Gasteiger charge is 2.26. The second-order valence-electron chi connectivity index (χ2n) is 10.8. The Hall–Kier alpha value is -2.11. The lowest BCUT2D eigenvalue weighted by molar-refractivity contribution is -0.149. The quantitative estimate of drug-likeness (QED) is 0.377. The smallest absolute Gasteiger partial charge is 0.309 e. The molecule has 0 aromatic heterocycles. The Balaban J connectivity index is 1.25. The van der Waals surface area contributed by atoms with E-state index in [2.05, 4.69) is 55.1 Å². The van der Waals surface area contributed by atoms with Crippen LogP contribution in [0, 0.1) is 17.8 Å². The number of hydrogen-bond acceptors (Lipinski definition) is 5. The number of nitrogens with zero attached hydrogens (tertiary/aromatic N) is 1. The third-order valence-electron chi connectivity index (χ3n) is 7.39. The highest BCUT2D eigenvalue weighted by molar-refractivity contribution is 5.84. The van der Waals surface area contributed by atoms with E-state index in [9.17, 15) is 4.79 Å². The molecule has 2 aliphatic rings. The van der Waals surface area contributed by atoms with Crippen molar-refractivity contribution in [2.75, 3.05) is 32.9 Å². The van der Waals surface area contributed by atoms with Gasteiger partial charge in [-0.1, -0.05) is 32.0 Å². The first-order valence-corrected chi connectivity index (χ1v) is 13.7. The van der Waals surface area contributed by atoms with Crippen LogP contribution in [0.25, 0.3) is 10.8 Å². The molecule has 0 spiro atoms. The van der Waals surface area contributed by atoms with Crippen LogP contribution in [0.1, 0.15) is 64.9 Å². The van der Waals surface area contributed by atoms with Crippen LogP contribution in [-0.4, -0.2) is 49.9 Å². The predicted octanol–water partition coefficient (Wildman–Crippen LogP) is 6.23. The lowest BCUT2D eigenvalue weighted by Gasteiger charge is -2.30. The molecule has 0 amide bonds. The van der Waals surface area contributed by atoms with Gasteiger partial charge in [-0.25, -0.2) is 0 Å². The van der Waals surface area contributed by atoms with Gasteiger partial charge in [0.15, 0.2) is 0 Å². The zero-order valence-electron chi connectivity index (χ0n) is 21.8. The normalized spacial score (nSPS) is 21.9. The molecule has 2 aromatic rings. The molecule has 1 saturated heterocycles. The number of carbonyl (C=O) groups excluding carboxylic acids is 1. The minimum Gasteiger partial charge on any atom is -0.490 e. The first kappa shape index (κ1) is 26.0. The van der Waals surface area contributed by atoms with E-state index in [1.54, 1.807) is 0 Å². The van der Waals surface area contributed by atoms with E-state index in [1.807, 2.05) is 6.92 Å². The lowest BCUT2D eigenvalue weighted by Crippen LogP contribution is -2.36. The summed E-state index contributed by atoms with van der Waals surface area (Å²) in [4.78, 5) is 14.4. The maximum absolute atomic E-state index is 12.0. The Kier molecular flexibility index (Phi) is 9.45. The van der Waals surface area contributed by atoms with Crippen LogP contribution in [0.3, 0.4) is 0 Å². The minimum absolute atomic E-state index is 0.0282. The van der Waals surface area contributed by atoms with Gasteiger partial charge in [0.25, 0.3) is 0 Å². The Morgan fingerprint density at radius 3 is 2.40 bits per heavy atom. The van der Waals surface area contributed by atoms with E-state index >= 15 is 0 Å². The summed E-state index contributed by atoms with van der Waals surface area (Å²) in [5.74, 6) is 2.30. The molecule has 2 fully saturated rings. The van der Waals surface area contributed by atoms with Gasteiger partial charge in [-0.3, -0.25) is 9.69 Å². The molecule has 0 N–H and O–H groups in total. The van der Waals surface area contributed by atoms with Crippen molar-refractivity contribution in [3.8, 4) is 5.75 Å². The van der Waals surface area contributed by atoms with Gasteiger partial charge in [0.05, 0.1) is 18.6 Å². The largest absolute Gasteiger partial charge is 0.490 e. The first-order chi connectivity index (χ1) is 17.0. The fraction of sp³-hybridized carbons (Fsp3) is 0.633. The summed E-state index contributed by atoms with van der Waals surface area (Å²) in [6, 6.07) is 13.2. The average molecular weight is 482 g/mol. The molecule has 2 aromatic carbocycles. The number of carbonyl (C=O) groups is 1. The minimum atomic E-state index is -0.0282. The molecule has 192 valence electrons. The van der Waals surface area contributed by atoms with Gasteiger partial charge in [-0.05, 0) is 105 Å². The molecule has 1 saturated carbocycles. The summed E-state index contributed by atoms with van der Waals surface area (Å²) in [6.07, 6.45) is 6.69. The SMILES string of the molecule is CCOC(=O)C1CCN(Cc2ccc3cc(O[C@H]4CC[C@@H](COCC(C)C)CC4)ccc3c2)CC1. The molecule has 1 aliphatic carbocycles. The molecular weight excluding hydrogens is 438 g/mol. The Morgan fingerprint density at radius 1 is 0.971 bits per heavy atom. The molecule has 5 nitrogen and oxygen atoms in total. The Labute approximate surface area is 211 Å². The van der Waals surface area contributed by atoms with E-state index in [0.717, 1.165) is 64.3 Å².